The van der Waals surface area contributed by atoms with Crippen molar-refractivity contribution >= 4 is 6.29 Å². The minimum Gasteiger partial charge on any atom is -0.494 e. The highest BCUT2D eigenvalue weighted by Gasteiger charge is 2.05. The maximum Gasteiger partial charge on any atom is 0.150 e. The van der Waals surface area contributed by atoms with Crippen molar-refractivity contribution < 1.29 is 9.53 Å². The SMILES string of the molecule is CCOc1ccc(C=O)cc1CN(C)C. The van der Waals surface area contributed by atoms with Crippen LogP contribution in [0, 0.1) is 0 Å². The minimum absolute atomic E-state index is 0.640. The molecule has 0 fully saturated rings. The number of hydrogen-bond acceptors (Lipinski definition) is 3. The van der Waals surface area contributed by atoms with Crippen molar-refractivity contribution in [2.75, 3.05) is 20.7 Å². The summed E-state index contributed by atoms with van der Waals surface area (Å²) in [5.41, 5.74) is 1.74. The smallest absolute Gasteiger partial charge is 0.150 e. The van der Waals surface area contributed by atoms with Gasteiger partial charge < -0.3 is 9.64 Å². The zero-order chi connectivity index (χ0) is 11.3. The summed E-state index contributed by atoms with van der Waals surface area (Å²) in [4.78, 5) is 12.7. The summed E-state index contributed by atoms with van der Waals surface area (Å²) in [5, 5.41) is 0. The van der Waals surface area contributed by atoms with Gasteiger partial charge in [0.2, 0.25) is 0 Å². The highest BCUT2D eigenvalue weighted by atomic mass is 16.5. The molecule has 82 valence electrons. The lowest BCUT2D eigenvalue weighted by Gasteiger charge is -2.14. The fourth-order valence-electron chi connectivity index (χ4n) is 1.43. The maximum atomic E-state index is 10.7. The van der Waals surface area contributed by atoms with Gasteiger partial charge in [-0.25, -0.2) is 0 Å². The molecule has 3 heteroatoms. The molecule has 0 radical (unpaired) electrons. The van der Waals surface area contributed by atoms with E-state index in [1.54, 1.807) is 6.07 Å². The Morgan fingerprint density at radius 1 is 1.40 bits per heavy atom. The molecule has 0 saturated carbocycles. The molecule has 0 aliphatic rings. The van der Waals surface area contributed by atoms with E-state index in [1.807, 2.05) is 38.1 Å². The normalized spacial score (nSPS) is 10.4. The second kappa shape index (κ2) is 5.51. The summed E-state index contributed by atoms with van der Waals surface area (Å²) >= 11 is 0. The molecule has 0 heterocycles. The molecule has 0 aliphatic heterocycles. The summed E-state index contributed by atoms with van der Waals surface area (Å²) in [6.07, 6.45) is 0.856. The maximum absolute atomic E-state index is 10.7. The summed E-state index contributed by atoms with van der Waals surface area (Å²) in [6.45, 7) is 3.37. The molecule has 0 amide bonds. The van der Waals surface area contributed by atoms with Gasteiger partial charge in [-0.15, -0.1) is 0 Å². The van der Waals surface area contributed by atoms with Crippen LogP contribution in [-0.4, -0.2) is 31.9 Å². The van der Waals surface area contributed by atoms with Gasteiger partial charge in [-0.2, -0.15) is 0 Å². The van der Waals surface area contributed by atoms with Crippen LogP contribution in [0.5, 0.6) is 5.75 Å². The van der Waals surface area contributed by atoms with Gasteiger partial charge in [-0.05, 0) is 39.2 Å². The molecule has 0 N–H and O–H groups in total. The largest absolute Gasteiger partial charge is 0.494 e. The number of ether oxygens (including phenoxy) is 1. The Balaban J connectivity index is 2.98. The molecule has 1 aromatic carbocycles. The van der Waals surface area contributed by atoms with Gasteiger partial charge in [-0.1, -0.05) is 0 Å². The van der Waals surface area contributed by atoms with Gasteiger partial charge in [0.15, 0.2) is 0 Å². The average Bonchev–Trinajstić information content (AvgIpc) is 2.20. The van der Waals surface area contributed by atoms with Gasteiger partial charge >= 0.3 is 0 Å². The first-order valence-corrected chi connectivity index (χ1v) is 5.03. The van der Waals surface area contributed by atoms with Crippen LogP contribution in [-0.2, 0) is 6.54 Å². The molecule has 0 unspecified atom stereocenters. The van der Waals surface area contributed by atoms with Crippen LogP contribution in [0.2, 0.25) is 0 Å². The number of aldehydes is 1. The van der Waals surface area contributed by atoms with E-state index in [4.69, 9.17) is 4.74 Å². The first kappa shape index (κ1) is 11.7. The van der Waals surface area contributed by atoms with Gasteiger partial charge in [0.05, 0.1) is 6.61 Å². The van der Waals surface area contributed by atoms with Gasteiger partial charge in [0.1, 0.15) is 12.0 Å². The Morgan fingerprint density at radius 3 is 2.67 bits per heavy atom. The molecule has 1 aromatic rings. The average molecular weight is 207 g/mol. The molecule has 0 atom stereocenters. The summed E-state index contributed by atoms with van der Waals surface area (Å²) < 4.78 is 5.49. The topological polar surface area (TPSA) is 29.5 Å². The standard InChI is InChI=1S/C12H17NO2/c1-4-15-12-6-5-10(9-14)7-11(12)8-13(2)3/h5-7,9H,4,8H2,1-3H3. The van der Waals surface area contributed by atoms with E-state index in [1.165, 1.54) is 0 Å². The Kier molecular flexibility index (Phi) is 4.31. The van der Waals surface area contributed by atoms with E-state index in [9.17, 15) is 4.79 Å². The predicted octanol–water partition coefficient (Wildman–Crippen LogP) is 1.96. The van der Waals surface area contributed by atoms with E-state index in [-0.39, 0.29) is 0 Å². The van der Waals surface area contributed by atoms with E-state index in [0.29, 0.717) is 12.2 Å². The molecule has 0 aromatic heterocycles. The Hall–Kier alpha value is -1.35. The lowest BCUT2D eigenvalue weighted by molar-refractivity contribution is 0.112. The second-order valence-electron chi connectivity index (χ2n) is 3.66. The monoisotopic (exact) mass is 207 g/mol. The Labute approximate surface area is 90.7 Å². The van der Waals surface area contributed by atoms with E-state index in [0.717, 1.165) is 24.1 Å². The van der Waals surface area contributed by atoms with Crippen LogP contribution < -0.4 is 4.74 Å². The Morgan fingerprint density at radius 2 is 2.13 bits per heavy atom. The number of carbonyl (C=O) groups excluding carboxylic acids is 1. The highest BCUT2D eigenvalue weighted by Crippen LogP contribution is 2.20. The summed E-state index contributed by atoms with van der Waals surface area (Å²) in [5.74, 6) is 0.858. The summed E-state index contributed by atoms with van der Waals surface area (Å²) in [7, 11) is 3.98. The number of carbonyl (C=O) groups is 1. The van der Waals surface area contributed by atoms with Crippen molar-refractivity contribution in [1.82, 2.24) is 4.90 Å². The van der Waals surface area contributed by atoms with Crippen molar-refractivity contribution in [3.63, 3.8) is 0 Å². The zero-order valence-corrected chi connectivity index (χ0v) is 9.49. The van der Waals surface area contributed by atoms with Crippen LogP contribution in [0.4, 0.5) is 0 Å². The Bertz CT molecular complexity index is 334. The number of nitrogens with zero attached hydrogens (tertiary/aromatic N) is 1. The first-order valence-electron chi connectivity index (χ1n) is 5.03. The number of hydrogen-bond donors (Lipinski definition) is 0. The summed E-state index contributed by atoms with van der Waals surface area (Å²) in [6, 6.07) is 5.50. The molecular formula is C12H17NO2. The van der Waals surface area contributed by atoms with Gasteiger partial charge in [0.25, 0.3) is 0 Å². The van der Waals surface area contributed by atoms with Crippen molar-refractivity contribution in [3.05, 3.63) is 29.3 Å². The van der Waals surface area contributed by atoms with Crippen molar-refractivity contribution in [2.24, 2.45) is 0 Å². The van der Waals surface area contributed by atoms with E-state index < -0.39 is 0 Å². The molecule has 0 spiro atoms. The van der Waals surface area contributed by atoms with Crippen LogP contribution >= 0.6 is 0 Å². The molecule has 3 nitrogen and oxygen atoms in total. The van der Waals surface area contributed by atoms with Crippen LogP contribution in [0.15, 0.2) is 18.2 Å². The number of rotatable bonds is 5. The third-order valence-electron chi connectivity index (χ3n) is 2.01. The molecule has 0 saturated heterocycles. The quantitative estimate of drug-likeness (QED) is 0.691. The molecule has 1 rings (SSSR count). The van der Waals surface area contributed by atoms with Crippen molar-refractivity contribution in [2.45, 2.75) is 13.5 Å². The lowest BCUT2D eigenvalue weighted by atomic mass is 10.1. The molecule has 15 heavy (non-hydrogen) atoms. The van der Waals surface area contributed by atoms with E-state index in [2.05, 4.69) is 0 Å². The fourth-order valence-corrected chi connectivity index (χ4v) is 1.43. The predicted molar refractivity (Wildman–Crippen MR) is 60.4 cm³/mol. The van der Waals surface area contributed by atoms with Crippen LogP contribution in [0.3, 0.4) is 0 Å². The zero-order valence-electron chi connectivity index (χ0n) is 9.49. The van der Waals surface area contributed by atoms with Crippen molar-refractivity contribution in [1.29, 1.82) is 0 Å². The molecule has 0 bridgehead atoms. The second-order valence-corrected chi connectivity index (χ2v) is 3.66. The van der Waals surface area contributed by atoms with Gasteiger partial charge in [-0.3, -0.25) is 4.79 Å². The third kappa shape index (κ3) is 3.36. The highest BCUT2D eigenvalue weighted by molar-refractivity contribution is 5.75. The number of benzene rings is 1. The minimum atomic E-state index is 0.640. The molecular weight excluding hydrogens is 190 g/mol. The first-order chi connectivity index (χ1) is 7.17. The lowest BCUT2D eigenvalue weighted by Crippen LogP contribution is -2.12. The fraction of sp³-hybridized carbons (Fsp3) is 0.417. The third-order valence-corrected chi connectivity index (χ3v) is 2.01. The van der Waals surface area contributed by atoms with Crippen LogP contribution in [0.25, 0.3) is 0 Å². The van der Waals surface area contributed by atoms with Crippen molar-refractivity contribution in [3.8, 4) is 5.75 Å². The van der Waals surface area contributed by atoms with E-state index >= 15 is 0 Å². The van der Waals surface area contributed by atoms with Crippen LogP contribution in [0.1, 0.15) is 22.8 Å². The molecule has 0 aliphatic carbocycles. The van der Waals surface area contributed by atoms with Gasteiger partial charge in [0, 0.05) is 17.7 Å².